The zero-order valence-electron chi connectivity index (χ0n) is 14.2. The number of anilines is 1. The summed E-state index contributed by atoms with van der Waals surface area (Å²) in [5, 5.41) is 3.37. The fraction of sp³-hybridized carbons (Fsp3) is 0.316. The molecular formula is C19H20FN5. The molecule has 0 amide bonds. The average molecular weight is 337 g/mol. The molecule has 0 saturated carbocycles. The average Bonchev–Trinajstić information content (AvgIpc) is 3.14. The van der Waals surface area contributed by atoms with Gasteiger partial charge in [-0.2, -0.15) is 0 Å². The van der Waals surface area contributed by atoms with Gasteiger partial charge >= 0.3 is 0 Å². The van der Waals surface area contributed by atoms with Crippen LogP contribution in [0.3, 0.4) is 0 Å². The van der Waals surface area contributed by atoms with Crippen molar-refractivity contribution in [2.24, 2.45) is 0 Å². The van der Waals surface area contributed by atoms with Crippen LogP contribution in [-0.2, 0) is 19.4 Å². The molecule has 6 heteroatoms. The Morgan fingerprint density at radius 3 is 2.88 bits per heavy atom. The fourth-order valence-electron chi connectivity index (χ4n) is 3.32. The minimum atomic E-state index is -0.266. The number of nitrogens with one attached hydrogen (secondary N) is 1. The quantitative estimate of drug-likeness (QED) is 0.790. The molecule has 25 heavy (non-hydrogen) atoms. The first-order valence-corrected chi connectivity index (χ1v) is 8.58. The minimum Gasteiger partial charge on any atom is -0.366 e. The molecule has 5 nitrogen and oxygen atoms in total. The number of rotatable bonds is 4. The smallest absolute Gasteiger partial charge is 0.147 e. The summed E-state index contributed by atoms with van der Waals surface area (Å²) >= 11 is 0. The SMILES string of the molecule is Cc1nc2c(c(NCc3ccc(-n4ccnc4)c(F)c3)n1)CCCC2. The molecule has 0 aliphatic heterocycles. The monoisotopic (exact) mass is 337 g/mol. The number of imidazole rings is 1. The molecular weight excluding hydrogens is 317 g/mol. The normalized spacial score (nSPS) is 13.5. The predicted octanol–water partition coefficient (Wildman–Crippen LogP) is 3.60. The van der Waals surface area contributed by atoms with Crippen LogP contribution in [0.4, 0.5) is 10.2 Å². The highest BCUT2D eigenvalue weighted by Crippen LogP contribution is 2.26. The molecule has 1 aliphatic rings. The van der Waals surface area contributed by atoms with Crippen LogP contribution in [0.1, 0.15) is 35.5 Å². The standard InChI is InChI=1S/C19H20FN5/c1-13-23-17-5-3-2-4-15(17)19(24-13)22-11-14-6-7-18(16(20)10-14)25-9-8-21-12-25/h6-10,12H,2-5,11H2,1H3,(H,22,23,24). The molecule has 0 unspecified atom stereocenters. The number of nitrogens with zero attached hydrogens (tertiary/aromatic N) is 4. The van der Waals surface area contributed by atoms with Crippen molar-refractivity contribution in [1.29, 1.82) is 0 Å². The second kappa shape index (κ2) is 6.63. The third kappa shape index (κ3) is 3.24. The summed E-state index contributed by atoms with van der Waals surface area (Å²) in [5.74, 6) is 1.41. The highest BCUT2D eigenvalue weighted by atomic mass is 19.1. The first-order chi connectivity index (χ1) is 12.2. The van der Waals surface area contributed by atoms with Gasteiger partial charge in [0.15, 0.2) is 0 Å². The zero-order chi connectivity index (χ0) is 17.2. The van der Waals surface area contributed by atoms with E-state index in [-0.39, 0.29) is 5.82 Å². The molecule has 0 atom stereocenters. The van der Waals surface area contributed by atoms with Gasteiger partial charge < -0.3 is 9.88 Å². The van der Waals surface area contributed by atoms with E-state index in [0.29, 0.717) is 12.2 Å². The van der Waals surface area contributed by atoms with Gasteiger partial charge in [0.05, 0.1) is 12.0 Å². The molecule has 0 fully saturated rings. The Bertz CT molecular complexity index is 889. The van der Waals surface area contributed by atoms with Crippen LogP contribution < -0.4 is 5.32 Å². The number of fused-ring (bicyclic) bond motifs is 1. The topological polar surface area (TPSA) is 55.6 Å². The molecule has 4 rings (SSSR count). The van der Waals surface area contributed by atoms with Crippen molar-refractivity contribution < 1.29 is 4.39 Å². The van der Waals surface area contributed by atoms with E-state index in [4.69, 9.17) is 0 Å². The molecule has 1 aromatic carbocycles. The van der Waals surface area contributed by atoms with E-state index in [2.05, 4.69) is 20.3 Å². The van der Waals surface area contributed by atoms with E-state index in [0.717, 1.165) is 35.7 Å². The summed E-state index contributed by atoms with van der Waals surface area (Å²) in [5.41, 5.74) is 3.74. The van der Waals surface area contributed by atoms with E-state index in [1.165, 1.54) is 18.4 Å². The maximum absolute atomic E-state index is 14.4. The molecule has 3 aromatic rings. The van der Waals surface area contributed by atoms with Crippen LogP contribution in [0.25, 0.3) is 5.69 Å². The van der Waals surface area contributed by atoms with Gasteiger partial charge in [0.25, 0.3) is 0 Å². The summed E-state index contributed by atoms with van der Waals surface area (Å²) in [6.07, 6.45) is 9.33. The lowest BCUT2D eigenvalue weighted by Crippen LogP contribution is -2.14. The Morgan fingerprint density at radius 2 is 2.08 bits per heavy atom. The number of halogens is 1. The second-order valence-electron chi connectivity index (χ2n) is 6.36. The van der Waals surface area contributed by atoms with Crippen molar-refractivity contribution in [3.05, 3.63) is 65.4 Å². The van der Waals surface area contributed by atoms with Gasteiger partial charge in [0.2, 0.25) is 0 Å². The van der Waals surface area contributed by atoms with Crippen molar-refractivity contribution in [3.63, 3.8) is 0 Å². The maximum atomic E-state index is 14.4. The van der Waals surface area contributed by atoms with Gasteiger partial charge in [-0.15, -0.1) is 0 Å². The Morgan fingerprint density at radius 1 is 1.20 bits per heavy atom. The van der Waals surface area contributed by atoms with Gasteiger partial charge in [0.1, 0.15) is 17.5 Å². The fourth-order valence-corrected chi connectivity index (χ4v) is 3.32. The molecule has 0 spiro atoms. The lowest BCUT2D eigenvalue weighted by molar-refractivity contribution is 0.616. The van der Waals surface area contributed by atoms with E-state index < -0.39 is 0 Å². The predicted molar refractivity (Wildman–Crippen MR) is 94.3 cm³/mol. The van der Waals surface area contributed by atoms with Crippen molar-refractivity contribution in [3.8, 4) is 5.69 Å². The van der Waals surface area contributed by atoms with E-state index in [9.17, 15) is 4.39 Å². The number of aryl methyl sites for hydroxylation is 2. The van der Waals surface area contributed by atoms with Gasteiger partial charge in [0, 0.05) is 30.2 Å². The summed E-state index contributed by atoms with van der Waals surface area (Å²) in [4.78, 5) is 13.1. The molecule has 2 aromatic heterocycles. The lowest BCUT2D eigenvalue weighted by Gasteiger charge is -2.19. The van der Waals surface area contributed by atoms with Crippen LogP contribution in [0.2, 0.25) is 0 Å². The zero-order valence-corrected chi connectivity index (χ0v) is 14.2. The third-order valence-electron chi connectivity index (χ3n) is 4.55. The molecule has 1 N–H and O–H groups in total. The molecule has 0 saturated heterocycles. The summed E-state index contributed by atoms with van der Waals surface area (Å²) in [6.45, 7) is 2.45. The van der Waals surface area contributed by atoms with Gasteiger partial charge in [-0.25, -0.2) is 19.3 Å². The van der Waals surface area contributed by atoms with Crippen LogP contribution in [0.15, 0.2) is 36.9 Å². The van der Waals surface area contributed by atoms with E-state index >= 15 is 0 Å². The highest BCUT2D eigenvalue weighted by molar-refractivity contribution is 5.48. The highest BCUT2D eigenvalue weighted by Gasteiger charge is 2.16. The van der Waals surface area contributed by atoms with Gasteiger partial charge in [-0.1, -0.05) is 6.07 Å². The summed E-state index contributed by atoms with van der Waals surface area (Å²) in [6, 6.07) is 5.25. The summed E-state index contributed by atoms with van der Waals surface area (Å²) < 4.78 is 16.0. The van der Waals surface area contributed by atoms with Gasteiger partial charge in [-0.05, 0) is 50.3 Å². The lowest BCUT2D eigenvalue weighted by atomic mass is 9.96. The Labute approximate surface area is 146 Å². The minimum absolute atomic E-state index is 0.266. The number of aromatic nitrogens is 4. The molecule has 0 radical (unpaired) electrons. The van der Waals surface area contributed by atoms with Crippen LogP contribution in [0.5, 0.6) is 0 Å². The van der Waals surface area contributed by atoms with Crippen molar-refractivity contribution >= 4 is 5.82 Å². The number of hydrogen-bond acceptors (Lipinski definition) is 4. The number of benzene rings is 1. The Hall–Kier alpha value is -2.76. The maximum Gasteiger partial charge on any atom is 0.147 e. The second-order valence-corrected chi connectivity index (χ2v) is 6.36. The van der Waals surface area contributed by atoms with Crippen molar-refractivity contribution in [1.82, 2.24) is 19.5 Å². The number of hydrogen-bond donors (Lipinski definition) is 1. The molecule has 2 heterocycles. The first-order valence-electron chi connectivity index (χ1n) is 8.58. The Kier molecular flexibility index (Phi) is 4.17. The summed E-state index contributed by atoms with van der Waals surface area (Å²) in [7, 11) is 0. The molecule has 1 aliphatic carbocycles. The molecule has 0 bridgehead atoms. The van der Waals surface area contributed by atoms with Gasteiger partial charge in [-0.3, -0.25) is 0 Å². The Balaban J connectivity index is 1.54. The van der Waals surface area contributed by atoms with E-state index in [1.54, 1.807) is 35.4 Å². The largest absolute Gasteiger partial charge is 0.366 e. The molecule has 128 valence electrons. The van der Waals surface area contributed by atoms with Crippen molar-refractivity contribution in [2.75, 3.05) is 5.32 Å². The van der Waals surface area contributed by atoms with E-state index in [1.807, 2.05) is 13.0 Å². The third-order valence-corrected chi connectivity index (χ3v) is 4.55. The van der Waals surface area contributed by atoms with Crippen LogP contribution in [0, 0.1) is 12.7 Å². The van der Waals surface area contributed by atoms with Crippen molar-refractivity contribution in [2.45, 2.75) is 39.2 Å². The van der Waals surface area contributed by atoms with Crippen LogP contribution in [-0.4, -0.2) is 19.5 Å². The van der Waals surface area contributed by atoms with Crippen LogP contribution >= 0.6 is 0 Å². The first kappa shape index (κ1) is 15.7.